The van der Waals surface area contributed by atoms with Crippen molar-refractivity contribution in [2.75, 3.05) is 6.54 Å². The molecule has 3 rings (SSSR count). The summed E-state index contributed by atoms with van der Waals surface area (Å²) in [7, 11) is 0. The number of hydrogen-bond donors (Lipinski definition) is 0. The van der Waals surface area contributed by atoms with E-state index in [1.165, 1.54) is 0 Å². The third-order valence-electron chi connectivity index (χ3n) is 4.21. The molecule has 0 bridgehead atoms. The van der Waals surface area contributed by atoms with E-state index in [1.54, 1.807) is 6.20 Å². The zero-order valence-electron chi connectivity index (χ0n) is 13.7. The molecule has 0 radical (unpaired) electrons. The first-order valence-electron chi connectivity index (χ1n) is 8.23. The minimum absolute atomic E-state index is 0.156. The normalized spacial score (nSPS) is 18.0. The predicted molar refractivity (Wildman–Crippen MR) is 83.7 cm³/mol. The first kappa shape index (κ1) is 15.7. The van der Waals surface area contributed by atoms with Gasteiger partial charge in [-0.3, -0.25) is 9.48 Å². The fraction of sp³-hybridized carbons (Fsp3) is 0.625. The second kappa shape index (κ2) is 6.93. The van der Waals surface area contributed by atoms with Crippen molar-refractivity contribution in [2.24, 2.45) is 0 Å². The summed E-state index contributed by atoms with van der Waals surface area (Å²) in [6, 6.07) is 2.14. The summed E-state index contributed by atoms with van der Waals surface area (Å²) in [6.07, 6.45) is 6.70. The van der Waals surface area contributed by atoms with Crippen LogP contribution in [0.5, 0.6) is 0 Å². The minimum atomic E-state index is 0.156. The van der Waals surface area contributed by atoms with Crippen LogP contribution >= 0.6 is 0 Å². The molecule has 124 valence electrons. The third-order valence-corrected chi connectivity index (χ3v) is 4.21. The minimum Gasteiger partial charge on any atom is -0.339 e. The maximum absolute atomic E-state index is 12.5. The Morgan fingerprint density at radius 3 is 3.04 bits per heavy atom. The second-order valence-electron chi connectivity index (χ2n) is 6.31. The maximum Gasteiger partial charge on any atom is 0.227 e. The van der Waals surface area contributed by atoms with Crippen LogP contribution in [0.25, 0.3) is 0 Å². The van der Waals surface area contributed by atoms with Crippen LogP contribution in [-0.2, 0) is 17.8 Å². The highest BCUT2D eigenvalue weighted by Crippen LogP contribution is 2.20. The topological polar surface area (TPSA) is 77.0 Å². The Bertz CT molecular complexity index is 635. The van der Waals surface area contributed by atoms with Crippen LogP contribution in [0.15, 0.2) is 23.0 Å². The average molecular weight is 317 g/mol. The monoisotopic (exact) mass is 317 g/mol. The average Bonchev–Trinajstić information content (AvgIpc) is 3.27. The van der Waals surface area contributed by atoms with Crippen molar-refractivity contribution in [1.82, 2.24) is 24.8 Å². The molecule has 0 unspecified atom stereocenters. The first-order valence-corrected chi connectivity index (χ1v) is 8.23. The molecule has 1 amide bonds. The summed E-state index contributed by atoms with van der Waals surface area (Å²) in [6.45, 7) is 5.62. The highest BCUT2D eigenvalue weighted by atomic mass is 16.5. The van der Waals surface area contributed by atoms with E-state index in [0.29, 0.717) is 24.6 Å². The lowest BCUT2D eigenvalue weighted by molar-refractivity contribution is -0.132. The van der Waals surface area contributed by atoms with Crippen LogP contribution < -0.4 is 0 Å². The Balaban J connectivity index is 1.54. The van der Waals surface area contributed by atoms with Crippen LogP contribution in [0.1, 0.15) is 50.7 Å². The van der Waals surface area contributed by atoms with E-state index in [2.05, 4.69) is 15.2 Å². The third kappa shape index (κ3) is 3.78. The van der Waals surface area contributed by atoms with E-state index in [1.807, 2.05) is 35.7 Å². The van der Waals surface area contributed by atoms with Gasteiger partial charge in [0.15, 0.2) is 5.82 Å². The summed E-state index contributed by atoms with van der Waals surface area (Å²) in [5.41, 5.74) is 0. The molecule has 7 nitrogen and oxygen atoms in total. The summed E-state index contributed by atoms with van der Waals surface area (Å²) in [5, 5.41) is 8.17. The van der Waals surface area contributed by atoms with Gasteiger partial charge in [0.2, 0.25) is 11.8 Å². The van der Waals surface area contributed by atoms with Crippen LogP contribution in [0.2, 0.25) is 0 Å². The van der Waals surface area contributed by atoms with E-state index >= 15 is 0 Å². The van der Waals surface area contributed by atoms with Gasteiger partial charge in [-0.25, -0.2) is 0 Å². The molecule has 7 heteroatoms. The van der Waals surface area contributed by atoms with Crippen LogP contribution in [0.4, 0.5) is 0 Å². The zero-order chi connectivity index (χ0) is 16.2. The van der Waals surface area contributed by atoms with Crippen LogP contribution in [0.3, 0.4) is 0 Å². The van der Waals surface area contributed by atoms with Crippen LogP contribution in [-0.4, -0.2) is 43.3 Å². The number of nitrogens with zero attached hydrogens (tertiary/aromatic N) is 5. The van der Waals surface area contributed by atoms with Gasteiger partial charge in [-0.05, 0) is 18.9 Å². The molecule has 1 saturated heterocycles. The van der Waals surface area contributed by atoms with E-state index in [4.69, 9.17) is 4.52 Å². The van der Waals surface area contributed by atoms with Gasteiger partial charge < -0.3 is 9.42 Å². The molecule has 23 heavy (non-hydrogen) atoms. The number of rotatable bonds is 6. The van der Waals surface area contributed by atoms with E-state index < -0.39 is 0 Å². The fourth-order valence-electron chi connectivity index (χ4n) is 2.94. The van der Waals surface area contributed by atoms with Crippen LogP contribution in [0, 0.1) is 0 Å². The van der Waals surface area contributed by atoms with E-state index in [-0.39, 0.29) is 17.9 Å². The molecule has 3 heterocycles. The maximum atomic E-state index is 12.5. The summed E-state index contributed by atoms with van der Waals surface area (Å²) in [5.74, 6) is 1.64. The second-order valence-corrected chi connectivity index (χ2v) is 6.31. The number of likely N-dealkylation sites (tertiary alicyclic amines) is 1. The molecule has 1 atom stereocenters. The summed E-state index contributed by atoms with van der Waals surface area (Å²) < 4.78 is 7.10. The number of hydrogen-bond acceptors (Lipinski definition) is 5. The standard InChI is InChI=1S/C16H23N5O2/c1-12(2)16-18-14(23-19-16)6-7-15(22)21-10-3-5-13(21)11-20-9-4-8-17-20/h4,8-9,12-13H,3,5-7,10-11H2,1-2H3/t13-/m0/s1. The molecule has 0 spiro atoms. The van der Waals surface area contributed by atoms with Crippen molar-refractivity contribution in [3.05, 3.63) is 30.2 Å². The Kier molecular flexibility index (Phi) is 4.73. The molecule has 0 saturated carbocycles. The van der Waals surface area contributed by atoms with Crippen molar-refractivity contribution in [3.8, 4) is 0 Å². The Morgan fingerprint density at radius 2 is 2.35 bits per heavy atom. The predicted octanol–water partition coefficient (Wildman–Crippen LogP) is 2.01. The Morgan fingerprint density at radius 1 is 1.48 bits per heavy atom. The molecule has 0 aromatic carbocycles. The van der Waals surface area contributed by atoms with Crippen molar-refractivity contribution < 1.29 is 9.32 Å². The van der Waals surface area contributed by atoms with Gasteiger partial charge in [-0.15, -0.1) is 0 Å². The fourth-order valence-corrected chi connectivity index (χ4v) is 2.94. The molecule has 0 aliphatic carbocycles. The van der Waals surface area contributed by atoms with Crippen molar-refractivity contribution in [3.63, 3.8) is 0 Å². The number of carbonyl (C=O) groups is 1. The van der Waals surface area contributed by atoms with Gasteiger partial charge in [0.25, 0.3) is 0 Å². The summed E-state index contributed by atoms with van der Waals surface area (Å²) >= 11 is 0. The summed E-state index contributed by atoms with van der Waals surface area (Å²) in [4.78, 5) is 18.8. The van der Waals surface area contributed by atoms with Gasteiger partial charge in [-0.2, -0.15) is 10.1 Å². The molecule has 2 aromatic heterocycles. The quantitative estimate of drug-likeness (QED) is 0.814. The van der Waals surface area contributed by atoms with E-state index in [0.717, 1.165) is 25.9 Å². The molecule has 0 N–H and O–H groups in total. The van der Waals surface area contributed by atoms with Gasteiger partial charge in [0.1, 0.15) is 0 Å². The SMILES string of the molecule is CC(C)c1noc(CCC(=O)N2CCC[C@H]2Cn2cccn2)n1. The zero-order valence-corrected chi connectivity index (χ0v) is 13.7. The highest BCUT2D eigenvalue weighted by Gasteiger charge is 2.29. The van der Waals surface area contributed by atoms with Gasteiger partial charge in [-0.1, -0.05) is 19.0 Å². The smallest absolute Gasteiger partial charge is 0.227 e. The van der Waals surface area contributed by atoms with Crippen molar-refractivity contribution in [1.29, 1.82) is 0 Å². The Hall–Kier alpha value is -2.18. The van der Waals surface area contributed by atoms with Crippen molar-refractivity contribution in [2.45, 2.75) is 58.0 Å². The number of amides is 1. The van der Waals surface area contributed by atoms with Crippen molar-refractivity contribution >= 4 is 5.91 Å². The largest absolute Gasteiger partial charge is 0.339 e. The number of aromatic nitrogens is 4. The van der Waals surface area contributed by atoms with Gasteiger partial charge >= 0.3 is 0 Å². The lowest BCUT2D eigenvalue weighted by atomic mass is 10.2. The number of carbonyl (C=O) groups excluding carboxylic acids is 1. The lowest BCUT2D eigenvalue weighted by Gasteiger charge is -2.24. The number of aryl methyl sites for hydroxylation is 1. The molecule has 2 aromatic rings. The lowest BCUT2D eigenvalue weighted by Crippen LogP contribution is -2.38. The first-order chi connectivity index (χ1) is 11.1. The van der Waals surface area contributed by atoms with E-state index in [9.17, 15) is 4.79 Å². The molecule has 1 aliphatic heterocycles. The Labute approximate surface area is 135 Å². The molecule has 1 fully saturated rings. The van der Waals surface area contributed by atoms with Gasteiger partial charge in [0, 0.05) is 37.7 Å². The molecule has 1 aliphatic rings. The highest BCUT2D eigenvalue weighted by molar-refractivity contribution is 5.77. The molecular formula is C16H23N5O2. The molecular weight excluding hydrogens is 294 g/mol. The van der Waals surface area contributed by atoms with Gasteiger partial charge in [0.05, 0.1) is 12.6 Å².